The van der Waals surface area contributed by atoms with Gasteiger partial charge in [0.15, 0.2) is 0 Å². The molecule has 0 spiro atoms. The Hall–Kier alpha value is -1.36. The van der Waals surface area contributed by atoms with Crippen molar-refractivity contribution in [3.8, 4) is 0 Å². The van der Waals surface area contributed by atoms with Gasteiger partial charge in [-0.05, 0) is 32.2 Å². The van der Waals surface area contributed by atoms with Crippen LogP contribution in [-0.2, 0) is 0 Å². The standard InChI is InChI=1S/C13H19F2N3/c1-9-8-18(6-5-17(9)2)12-4-3-10(16)7-11(12)13(14)15/h3-4,7,9,13H,5-6,8,16H2,1-2H3. The van der Waals surface area contributed by atoms with Crippen LogP contribution in [0.5, 0.6) is 0 Å². The topological polar surface area (TPSA) is 32.5 Å². The molecule has 3 nitrogen and oxygen atoms in total. The maximum atomic E-state index is 13.0. The number of hydrogen-bond acceptors (Lipinski definition) is 3. The Morgan fingerprint density at radius 1 is 1.33 bits per heavy atom. The predicted molar refractivity (Wildman–Crippen MR) is 70.1 cm³/mol. The minimum atomic E-state index is -2.49. The van der Waals surface area contributed by atoms with Crippen LogP contribution in [-0.4, -0.2) is 37.6 Å². The molecular formula is C13H19F2N3. The number of alkyl halides is 2. The maximum absolute atomic E-state index is 13.0. The van der Waals surface area contributed by atoms with Gasteiger partial charge in [-0.3, -0.25) is 0 Å². The van der Waals surface area contributed by atoms with Gasteiger partial charge in [-0.15, -0.1) is 0 Å². The van der Waals surface area contributed by atoms with Crippen molar-refractivity contribution in [3.05, 3.63) is 23.8 Å². The lowest BCUT2D eigenvalue weighted by atomic mass is 10.1. The first-order chi connectivity index (χ1) is 8.49. The fourth-order valence-corrected chi connectivity index (χ4v) is 2.30. The zero-order valence-corrected chi connectivity index (χ0v) is 10.7. The average molecular weight is 255 g/mol. The van der Waals surface area contributed by atoms with Crippen LogP contribution in [0.15, 0.2) is 18.2 Å². The van der Waals surface area contributed by atoms with E-state index in [1.165, 1.54) is 6.07 Å². The number of nitrogens with two attached hydrogens (primary N) is 1. The monoisotopic (exact) mass is 255 g/mol. The van der Waals surface area contributed by atoms with E-state index in [0.717, 1.165) is 19.6 Å². The second-order valence-corrected chi connectivity index (χ2v) is 4.89. The fourth-order valence-electron chi connectivity index (χ4n) is 2.30. The second-order valence-electron chi connectivity index (χ2n) is 4.89. The quantitative estimate of drug-likeness (QED) is 0.823. The van der Waals surface area contributed by atoms with Crippen LogP contribution in [0.4, 0.5) is 20.2 Å². The van der Waals surface area contributed by atoms with Crippen LogP contribution in [0.2, 0.25) is 0 Å². The summed E-state index contributed by atoms with van der Waals surface area (Å²) in [5, 5.41) is 0. The number of likely N-dealkylation sites (N-methyl/N-ethyl adjacent to an activating group) is 1. The molecule has 1 atom stereocenters. The van der Waals surface area contributed by atoms with Crippen LogP contribution >= 0.6 is 0 Å². The minimum Gasteiger partial charge on any atom is -0.399 e. The zero-order chi connectivity index (χ0) is 13.3. The number of piperazine rings is 1. The summed E-state index contributed by atoms with van der Waals surface area (Å²) in [6.07, 6.45) is -2.49. The van der Waals surface area contributed by atoms with E-state index in [2.05, 4.69) is 18.9 Å². The Kier molecular flexibility index (Phi) is 3.71. The number of hydrogen-bond donors (Lipinski definition) is 1. The van der Waals surface area contributed by atoms with Crippen LogP contribution in [0.25, 0.3) is 0 Å². The summed E-state index contributed by atoms with van der Waals surface area (Å²) >= 11 is 0. The van der Waals surface area contributed by atoms with Crippen molar-refractivity contribution in [2.75, 3.05) is 37.3 Å². The third-order valence-corrected chi connectivity index (χ3v) is 3.59. The van der Waals surface area contributed by atoms with E-state index < -0.39 is 6.43 Å². The van der Waals surface area contributed by atoms with E-state index in [4.69, 9.17) is 5.73 Å². The molecule has 100 valence electrons. The molecule has 1 fully saturated rings. The molecule has 0 bridgehead atoms. The summed E-state index contributed by atoms with van der Waals surface area (Å²) in [6, 6.07) is 5.13. The molecule has 1 saturated heterocycles. The van der Waals surface area contributed by atoms with E-state index in [0.29, 0.717) is 17.4 Å². The molecule has 18 heavy (non-hydrogen) atoms. The molecule has 1 unspecified atom stereocenters. The van der Waals surface area contributed by atoms with Crippen molar-refractivity contribution in [3.63, 3.8) is 0 Å². The SMILES string of the molecule is CC1CN(c2ccc(N)cc2C(F)F)CCN1C. The predicted octanol–water partition coefficient (Wildman–Crippen LogP) is 2.35. The van der Waals surface area contributed by atoms with Crippen molar-refractivity contribution < 1.29 is 8.78 Å². The van der Waals surface area contributed by atoms with Gasteiger partial charge in [-0.2, -0.15) is 0 Å². The summed E-state index contributed by atoms with van der Waals surface area (Å²) in [4.78, 5) is 4.25. The molecule has 1 heterocycles. The Bertz CT molecular complexity index is 423. The second kappa shape index (κ2) is 5.10. The number of benzene rings is 1. The molecule has 1 aromatic rings. The molecule has 5 heteroatoms. The highest BCUT2D eigenvalue weighted by molar-refractivity contribution is 5.60. The number of anilines is 2. The summed E-state index contributed by atoms with van der Waals surface area (Å²) in [7, 11) is 2.05. The van der Waals surface area contributed by atoms with Crippen molar-refractivity contribution in [2.24, 2.45) is 0 Å². The lowest BCUT2D eigenvalue weighted by Gasteiger charge is -2.39. The molecule has 0 amide bonds. The summed E-state index contributed by atoms with van der Waals surface area (Å²) in [5.74, 6) is 0. The molecule has 2 rings (SSSR count). The maximum Gasteiger partial charge on any atom is 0.265 e. The lowest BCUT2D eigenvalue weighted by molar-refractivity contribution is 0.151. The summed E-state index contributed by atoms with van der Waals surface area (Å²) < 4.78 is 26.1. The number of halogens is 2. The van der Waals surface area contributed by atoms with Gasteiger partial charge < -0.3 is 15.5 Å². The van der Waals surface area contributed by atoms with Gasteiger partial charge >= 0.3 is 0 Å². The highest BCUT2D eigenvalue weighted by atomic mass is 19.3. The van der Waals surface area contributed by atoms with Gasteiger partial charge in [0, 0.05) is 42.6 Å². The molecular weight excluding hydrogens is 236 g/mol. The van der Waals surface area contributed by atoms with E-state index in [1.54, 1.807) is 12.1 Å². The Balaban J connectivity index is 2.28. The van der Waals surface area contributed by atoms with Gasteiger partial charge in [-0.25, -0.2) is 8.78 Å². The summed E-state index contributed by atoms with van der Waals surface area (Å²) in [5.41, 5.74) is 6.61. The van der Waals surface area contributed by atoms with E-state index in [9.17, 15) is 8.78 Å². The molecule has 0 aromatic heterocycles. The summed E-state index contributed by atoms with van der Waals surface area (Å²) in [6.45, 7) is 4.52. The van der Waals surface area contributed by atoms with Gasteiger partial charge in [0.05, 0.1) is 0 Å². The molecule has 0 radical (unpaired) electrons. The van der Waals surface area contributed by atoms with Crippen LogP contribution in [0.1, 0.15) is 18.9 Å². The largest absolute Gasteiger partial charge is 0.399 e. The highest BCUT2D eigenvalue weighted by Gasteiger charge is 2.24. The number of nitrogens with zero attached hydrogens (tertiary/aromatic N) is 2. The van der Waals surface area contributed by atoms with Crippen molar-refractivity contribution in [1.29, 1.82) is 0 Å². The van der Waals surface area contributed by atoms with Gasteiger partial charge in [0.1, 0.15) is 0 Å². The highest BCUT2D eigenvalue weighted by Crippen LogP contribution is 2.32. The molecule has 0 aliphatic carbocycles. The van der Waals surface area contributed by atoms with E-state index >= 15 is 0 Å². The van der Waals surface area contributed by atoms with Gasteiger partial charge in [-0.1, -0.05) is 0 Å². The van der Waals surface area contributed by atoms with E-state index in [-0.39, 0.29) is 5.56 Å². The van der Waals surface area contributed by atoms with Gasteiger partial charge in [0.2, 0.25) is 0 Å². The molecule has 1 aromatic carbocycles. The third-order valence-electron chi connectivity index (χ3n) is 3.59. The normalized spacial score (nSPS) is 21.6. The molecule has 1 aliphatic heterocycles. The molecule has 2 N–H and O–H groups in total. The first kappa shape index (κ1) is 13.1. The van der Waals surface area contributed by atoms with E-state index in [1.807, 2.05) is 4.90 Å². The number of rotatable bonds is 2. The van der Waals surface area contributed by atoms with Crippen molar-refractivity contribution in [1.82, 2.24) is 4.90 Å². The Labute approximate surface area is 106 Å². The smallest absolute Gasteiger partial charge is 0.265 e. The van der Waals surface area contributed by atoms with Crippen molar-refractivity contribution in [2.45, 2.75) is 19.4 Å². The first-order valence-electron chi connectivity index (χ1n) is 6.12. The zero-order valence-electron chi connectivity index (χ0n) is 10.7. The van der Waals surface area contributed by atoms with Crippen LogP contribution < -0.4 is 10.6 Å². The third kappa shape index (κ3) is 2.56. The minimum absolute atomic E-state index is 0.0340. The fraction of sp³-hybridized carbons (Fsp3) is 0.538. The molecule has 0 saturated carbocycles. The van der Waals surface area contributed by atoms with Gasteiger partial charge in [0.25, 0.3) is 6.43 Å². The van der Waals surface area contributed by atoms with Crippen molar-refractivity contribution >= 4 is 11.4 Å². The van der Waals surface area contributed by atoms with Crippen LogP contribution in [0.3, 0.4) is 0 Å². The Morgan fingerprint density at radius 2 is 2.06 bits per heavy atom. The first-order valence-corrected chi connectivity index (χ1v) is 6.12. The van der Waals surface area contributed by atoms with Crippen LogP contribution in [0, 0.1) is 0 Å². The number of nitrogen functional groups attached to an aromatic ring is 1. The average Bonchev–Trinajstić information content (AvgIpc) is 2.32. The lowest BCUT2D eigenvalue weighted by Crippen LogP contribution is -2.50. The Morgan fingerprint density at radius 3 is 2.67 bits per heavy atom. The molecule has 1 aliphatic rings.